The van der Waals surface area contributed by atoms with Crippen molar-refractivity contribution in [2.24, 2.45) is 5.92 Å². The average Bonchev–Trinajstić information content (AvgIpc) is 2.46. The summed E-state index contributed by atoms with van der Waals surface area (Å²) in [7, 11) is 0. The van der Waals surface area contributed by atoms with Crippen LogP contribution in [-0.4, -0.2) is 47.2 Å². The van der Waals surface area contributed by atoms with Crippen molar-refractivity contribution in [3.05, 3.63) is 17.5 Å². The van der Waals surface area contributed by atoms with Gasteiger partial charge in [0, 0.05) is 37.6 Å². The standard InChI is InChI=1S/C15H24N4O2/c1-11-9-12(2)18-15(17-11)19-7-3-5-13(10-19)14(21)16-6-4-8-20/h9,13,20H,3-8,10H2,1-2H3,(H,16,21)/t13-/m0/s1. The van der Waals surface area contributed by atoms with Crippen LogP contribution in [0, 0.1) is 19.8 Å². The number of aliphatic hydroxyl groups is 1. The fourth-order valence-corrected chi connectivity index (χ4v) is 2.66. The van der Waals surface area contributed by atoms with Crippen molar-refractivity contribution in [3.8, 4) is 0 Å². The maximum absolute atomic E-state index is 12.1. The molecule has 1 saturated heterocycles. The molecule has 0 aromatic carbocycles. The van der Waals surface area contributed by atoms with Crippen LogP contribution in [0.15, 0.2) is 6.07 Å². The summed E-state index contributed by atoms with van der Waals surface area (Å²) in [4.78, 5) is 23.2. The molecule has 0 spiro atoms. The number of nitrogens with one attached hydrogen (secondary N) is 1. The number of nitrogens with zero attached hydrogens (tertiary/aromatic N) is 3. The SMILES string of the molecule is Cc1cc(C)nc(N2CCC[C@H](C(=O)NCCCO)C2)n1. The molecular formula is C15H24N4O2. The molecule has 1 aliphatic heterocycles. The van der Waals surface area contributed by atoms with E-state index in [9.17, 15) is 4.79 Å². The number of amides is 1. The first-order valence-corrected chi connectivity index (χ1v) is 7.56. The first kappa shape index (κ1) is 15.7. The lowest BCUT2D eigenvalue weighted by Crippen LogP contribution is -2.44. The molecule has 1 aromatic heterocycles. The van der Waals surface area contributed by atoms with Gasteiger partial charge in [0.25, 0.3) is 0 Å². The Kier molecular flexibility index (Phi) is 5.50. The van der Waals surface area contributed by atoms with E-state index in [1.54, 1.807) is 0 Å². The van der Waals surface area contributed by atoms with Crippen molar-refractivity contribution in [2.45, 2.75) is 33.1 Å². The molecule has 1 aliphatic rings. The van der Waals surface area contributed by atoms with Gasteiger partial charge < -0.3 is 15.3 Å². The lowest BCUT2D eigenvalue weighted by molar-refractivity contribution is -0.125. The summed E-state index contributed by atoms with van der Waals surface area (Å²) in [6.07, 6.45) is 2.46. The van der Waals surface area contributed by atoms with E-state index in [-0.39, 0.29) is 18.4 Å². The second kappa shape index (κ2) is 7.36. The Morgan fingerprint density at radius 2 is 2.14 bits per heavy atom. The molecule has 0 radical (unpaired) electrons. The number of carbonyl (C=O) groups excluding carboxylic acids is 1. The number of hydrogen-bond donors (Lipinski definition) is 2. The molecule has 1 aromatic rings. The van der Waals surface area contributed by atoms with E-state index in [2.05, 4.69) is 20.2 Å². The Morgan fingerprint density at radius 3 is 2.81 bits per heavy atom. The van der Waals surface area contributed by atoms with Gasteiger partial charge in [-0.25, -0.2) is 9.97 Å². The zero-order valence-corrected chi connectivity index (χ0v) is 12.8. The maximum atomic E-state index is 12.1. The summed E-state index contributed by atoms with van der Waals surface area (Å²) in [5.74, 6) is 0.764. The summed E-state index contributed by atoms with van der Waals surface area (Å²) in [5.41, 5.74) is 1.90. The fraction of sp³-hybridized carbons (Fsp3) is 0.667. The zero-order valence-electron chi connectivity index (χ0n) is 12.8. The molecule has 0 bridgehead atoms. The number of aryl methyl sites for hydroxylation is 2. The number of rotatable bonds is 5. The van der Waals surface area contributed by atoms with Crippen LogP contribution in [0.1, 0.15) is 30.7 Å². The highest BCUT2D eigenvalue weighted by Crippen LogP contribution is 2.21. The van der Waals surface area contributed by atoms with Crippen molar-refractivity contribution >= 4 is 11.9 Å². The number of carbonyl (C=O) groups is 1. The molecule has 1 amide bonds. The second-order valence-electron chi connectivity index (χ2n) is 5.60. The van der Waals surface area contributed by atoms with Gasteiger partial charge in [-0.2, -0.15) is 0 Å². The van der Waals surface area contributed by atoms with E-state index in [0.29, 0.717) is 19.5 Å². The van der Waals surface area contributed by atoms with E-state index in [0.717, 1.165) is 36.7 Å². The lowest BCUT2D eigenvalue weighted by Gasteiger charge is -2.32. The minimum Gasteiger partial charge on any atom is -0.396 e. The quantitative estimate of drug-likeness (QED) is 0.785. The lowest BCUT2D eigenvalue weighted by atomic mass is 9.97. The summed E-state index contributed by atoms with van der Waals surface area (Å²) < 4.78 is 0. The number of piperidine rings is 1. The molecule has 0 unspecified atom stereocenters. The average molecular weight is 292 g/mol. The molecule has 2 N–H and O–H groups in total. The highest BCUT2D eigenvalue weighted by molar-refractivity contribution is 5.79. The number of aliphatic hydroxyl groups excluding tert-OH is 1. The smallest absolute Gasteiger partial charge is 0.225 e. The molecule has 116 valence electrons. The Labute approximate surface area is 125 Å². The minimum absolute atomic E-state index is 0.0261. The normalized spacial score (nSPS) is 18.6. The summed E-state index contributed by atoms with van der Waals surface area (Å²) in [6, 6.07) is 1.95. The zero-order chi connectivity index (χ0) is 15.2. The van der Waals surface area contributed by atoms with Crippen LogP contribution < -0.4 is 10.2 Å². The highest BCUT2D eigenvalue weighted by atomic mass is 16.3. The third-order valence-electron chi connectivity index (χ3n) is 3.68. The van der Waals surface area contributed by atoms with E-state index in [4.69, 9.17) is 5.11 Å². The third-order valence-corrected chi connectivity index (χ3v) is 3.68. The minimum atomic E-state index is -0.0261. The summed E-state index contributed by atoms with van der Waals surface area (Å²) in [6.45, 7) is 6.11. The van der Waals surface area contributed by atoms with E-state index >= 15 is 0 Å². The van der Waals surface area contributed by atoms with Crippen LogP contribution in [0.4, 0.5) is 5.95 Å². The molecular weight excluding hydrogens is 268 g/mol. The molecule has 1 atom stereocenters. The molecule has 6 nitrogen and oxygen atoms in total. The first-order chi connectivity index (χ1) is 10.1. The molecule has 1 fully saturated rings. The van der Waals surface area contributed by atoms with E-state index in [1.807, 2.05) is 19.9 Å². The van der Waals surface area contributed by atoms with Gasteiger partial charge in [-0.15, -0.1) is 0 Å². The molecule has 0 saturated carbocycles. The second-order valence-corrected chi connectivity index (χ2v) is 5.60. The molecule has 21 heavy (non-hydrogen) atoms. The van der Waals surface area contributed by atoms with Crippen molar-refractivity contribution in [1.82, 2.24) is 15.3 Å². The van der Waals surface area contributed by atoms with Gasteiger partial charge in [-0.3, -0.25) is 4.79 Å². The number of anilines is 1. The van der Waals surface area contributed by atoms with Crippen LogP contribution in [0.25, 0.3) is 0 Å². The van der Waals surface area contributed by atoms with Crippen LogP contribution >= 0.6 is 0 Å². The van der Waals surface area contributed by atoms with E-state index < -0.39 is 0 Å². The Balaban J connectivity index is 1.98. The maximum Gasteiger partial charge on any atom is 0.225 e. The largest absolute Gasteiger partial charge is 0.396 e. The van der Waals surface area contributed by atoms with Gasteiger partial charge in [0.2, 0.25) is 11.9 Å². The van der Waals surface area contributed by atoms with Gasteiger partial charge in [0.05, 0.1) is 5.92 Å². The third kappa shape index (κ3) is 4.39. The highest BCUT2D eigenvalue weighted by Gasteiger charge is 2.27. The van der Waals surface area contributed by atoms with Crippen molar-refractivity contribution < 1.29 is 9.90 Å². The fourth-order valence-electron chi connectivity index (χ4n) is 2.66. The predicted octanol–water partition coefficient (Wildman–Crippen LogP) is 0.808. The molecule has 0 aliphatic carbocycles. The van der Waals surface area contributed by atoms with Crippen LogP contribution in [0.3, 0.4) is 0 Å². The topological polar surface area (TPSA) is 78.4 Å². The van der Waals surface area contributed by atoms with Gasteiger partial charge in [-0.05, 0) is 39.2 Å². The first-order valence-electron chi connectivity index (χ1n) is 7.56. The Morgan fingerprint density at radius 1 is 1.43 bits per heavy atom. The van der Waals surface area contributed by atoms with Gasteiger partial charge >= 0.3 is 0 Å². The van der Waals surface area contributed by atoms with Crippen LogP contribution in [0.5, 0.6) is 0 Å². The van der Waals surface area contributed by atoms with Gasteiger partial charge in [0.1, 0.15) is 0 Å². The number of aromatic nitrogens is 2. The van der Waals surface area contributed by atoms with Crippen molar-refractivity contribution in [1.29, 1.82) is 0 Å². The van der Waals surface area contributed by atoms with E-state index in [1.165, 1.54) is 0 Å². The molecule has 2 rings (SSSR count). The van der Waals surface area contributed by atoms with Gasteiger partial charge in [-0.1, -0.05) is 0 Å². The molecule has 6 heteroatoms. The summed E-state index contributed by atoms with van der Waals surface area (Å²) in [5, 5.41) is 11.6. The van der Waals surface area contributed by atoms with Crippen molar-refractivity contribution in [3.63, 3.8) is 0 Å². The monoisotopic (exact) mass is 292 g/mol. The predicted molar refractivity (Wildman–Crippen MR) is 81.2 cm³/mol. The Bertz CT molecular complexity index is 472. The van der Waals surface area contributed by atoms with Crippen LogP contribution in [-0.2, 0) is 4.79 Å². The summed E-state index contributed by atoms with van der Waals surface area (Å²) >= 11 is 0. The van der Waals surface area contributed by atoms with Crippen molar-refractivity contribution in [2.75, 3.05) is 31.1 Å². The van der Waals surface area contributed by atoms with Gasteiger partial charge in [0.15, 0.2) is 0 Å². The van der Waals surface area contributed by atoms with Crippen LogP contribution in [0.2, 0.25) is 0 Å². The number of hydrogen-bond acceptors (Lipinski definition) is 5. The molecule has 2 heterocycles. The Hall–Kier alpha value is -1.69.